The molecule has 6 heteroatoms. The second-order valence-corrected chi connectivity index (χ2v) is 11.1. The third-order valence-electron chi connectivity index (χ3n) is 8.66. The maximum Gasteiger partial charge on any atom is 0.317 e. The van der Waals surface area contributed by atoms with Crippen LogP contribution < -0.4 is 5.32 Å². The summed E-state index contributed by atoms with van der Waals surface area (Å²) < 4.78 is 5.96. The Morgan fingerprint density at radius 3 is 2.16 bits per heavy atom. The largest absolute Gasteiger partial charge is 0.339 e. The number of fused-ring (bicyclic) bond motifs is 3. The fourth-order valence-electron chi connectivity index (χ4n) is 6.65. The highest BCUT2D eigenvalue weighted by atomic mass is 16.5. The van der Waals surface area contributed by atoms with E-state index in [1.165, 1.54) is 5.56 Å². The van der Waals surface area contributed by atoms with Gasteiger partial charge in [0.15, 0.2) is 5.82 Å². The molecule has 5 atom stereocenters. The lowest BCUT2D eigenvalue weighted by Crippen LogP contribution is -2.57. The van der Waals surface area contributed by atoms with Gasteiger partial charge >= 0.3 is 6.03 Å². The number of nitrogens with one attached hydrogen (secondary N) is 1. The first-order valence-electron chi connectivity index (χ1n) is 13.8. The number of carbonyl (C=O) groups is 1. The van der Waals surface area contributed by atoms with E-state index < -0.39 is 0 Å². The maximum atomic E-state index is 13.4. The van der Waals surface area contributed by atoms with Gasteiger partial charge in [-0.3, -0.25) is 0 Å². The predicted molar refractivity (Wildman–Crippen MR) is 145 cm³/mol. The lowest BCUT2D eigenvalue weighted by Gasteiger charge is -2.48. The van der Waals surface area contributed by atoms with Crippen molar-refractivity contribution in [3.63, 3.8) is 0 Å². The Labute approximate surface area is 223 Å². The summed E-state index contributed by atoms with van der Waals surface area (Å²) in [6, 6.07) is 31.5. The second-order valence-electron chi connectivity index (χ2n) is 11.1. The maximum absolute atomic E-state index is 13.4. The molecule has 38 heavy (non-hydrogen) atoms. The molecule has 2 bridgehead atoms. The number of aromatic nitrogens is 2. The van der Waals surface area contributed by atoms with Crippen molar-refractivity contribution in [2.24, 2.45) is 5.92 Å². The van der Waals surface area contributed by atoms with E-state index in [0.717, 1.165) is 43.4 Å². The number of carbonyl (C=O) groups excluding carboxylic acids is 1. The van der Waals surface area contributed by atoms with Gasteiger partial charge in [-0.25, -0.2) is 4.79 Å². The quantitative estimate of drug-likeness (QED) is 0.345. The summed E-state index contributed by atoms with van der Waals surface area (Å²) in [5.74, 6) is 2.21. The molecule has 1 N–H and O–H groups in total. The normalized spacial score (nSPS) is 25.9. The molecule has 3 heterocycles. The molecule has 2 saturated carbocycles. The van der Waals surface area contributed by atoms with Gasteiger partial charge in [0.25, 0.3) is 0 Å². The first kappa shape index (κ1) is 23.2. The molecule has 192 valence electrons. The fourth-order valence-corrected chi connectivity index (χ4v) is 6.65. The SMILES string of the molecule is O=C(NC1CC1c1ccccc1)N1CC2CCC1C(c1nc(C(c3ccccc3)c3ccccc3)no1)C2. The molecule has 4 aliphatic rings. The molecular weight excluding hydrogens is 472 g/mol. The first-order valence-corrected chi connectivity index (χ1v) is 13.8. The van der Waals surface area contributed by atoms with Gasteiger partial charge in [-0.1, -0.05) is 96.2 Å². The molecule has 2 saturated heterocycles. The third-order valence-corrected chi connectivity index (χ3v) is 8.66. The van der Waals surface area contributed by atoms with E-state index in [4.69, 9.17) is 9.51 Å². The minimum absolute atomic E-state index is 0.0546. The van der Waals surface area contributed by atoms with Crippen molar-refractivity contribution in [2.45, 2.75) is 55.5 Å². The average molecular weight is 505 g/mol. The molecule has 8 rings (SSSR count). The van der Waals surface area contributed by atoms with Crippen LogP contribution in [0.2, 0.25) is 0 Å². The molecule has 6 nitrogen and oxygen atoms in total. The Morgan fingerprint density at radius 1 is 0.842 bits per heavy atom. The topological polar surface area (TPSA) is 71.3 Å². The Bertz CT molecular complexity index is 1350. The lowest BCUT2D eigenvalue weighted by molar-refractivity contribution is 0.0463. The summed E-state index contributed by atoms with van der Waals surface area (Å²) in [7, 11) is 0. The summed E-state index contributed by atoms with van der Waals surface area (Å²) in [6.07, 6.45) is 4.13. The number of urea groups is 1. The van der Waals surface area contributed by atoms with Crippen LogP contribution >= 0.6 is 0 Å². The van der Waals surface area contributed by atoms with Crippen molar-refractivity contribution in [1.29, 1.82) is 0 Å². The molecular formula is C32H32N4O2. The zero-order chi connectivity index (χ0) is 25.5. The van der Waals surface area contributed by atoms with Gasteiger partial charge in [0.05, 0.1) is 11.8 Å². The molecule has 4 aromatic rings. The molecule has 2 aliphatic heterocycles. The Kier molecular flexibility index (Phi) is 5.95. The highest BCUT2D eigenvalue weighted by molar-refractivity contribution is 5.76. The van der Waals surface area contributed by atoms with E-state index in [1.807, 2.05) is 42.5 Å². The zero-order valence-corrected chi connectivity index (χ0v) is 21.3. The third kappa shape index (κ3) is 4.38. The van der Waals surface area contributed by atoms with Crippen molar-refractivity contribution in [3.05, 3.63) is 119 Å². The van der Waals surface area contributed by atoms with Crippen LogP contribution in [0, 0.1) is 5.92 Å². The summed E-state index contributed by atoms with van der Waals surface area (Å²) in [5.41, 5.74) is 3.57. The van der Waals surface area contributed by atoms with E-state index in [-0.39, 0.29) is 30.0 Å². The number of piperidine rings is 2. The lowest BCUT2D eigenvalue weighted by atomic mass is 9.72. The summed E-state index contributed by atoms with van der Waals surface area (Å²) >= 11 is 0. The standard InChI is InChI=1S/C32H32N4O2/c37-32(33-27-19-25(27)22-10-4-1-5-11-22)36-20-21-16-17-28(36)26(18-21)31-34-30(35-38-31)29(23-12-6-2-7-13-23)24-14-8-3-9-15-24/h1-15,21,25-29H,16-20H2,(H,33,37). The number of nitrogens with zero attached hydrogens (tertiary/aromatic N) is 3. The van der Waals surface area contributed by atoms with Crippen LogP contribution in [0.5, 0.6) is 0 Å². The molecule has 0 radical (unpaired) electrons. The highest BCUT2D eigenvalue weighted by Gasteiger charge is 2.48. The molecule has 3 aromatic carbocycles. The number of amides is 2. The van der Waals surface area contributed by atoms with E-state index >= 15 is 0 Å². The predicted octanol–water partition coefficient (Wildman–Crippen LogP) is 6.08. The second kappa shape index (κ2) is 9.75. The average Bonchev–Trinajstić information content (AvgIpc) is 3.58. The number of hydrogen-bond donors (Lipinski definition) is 1. The summed E-state index contributed by atoms with van der Waals surface area (Å²) in [5, 5.41) is 7.81. The van der Waals surface area contributed by atoms with Crippen molar-refractivity contribution in [3.8, 4) is 0 Å². The fraction of sp³-hybridized carbons (Fsp3) is 0.344. The Balaban J connectivity index is 1.10. The first-order chi connectivity index (χ1) is 18.7. The number of benzene rings is 3. The molecule has 4 fully saturated rings. The van der Waals surface area contributed by atoms with Gasteiger partial charge in [-0.15, -0.1) is 0 Å². The monoisotopic (exact) mass is 504 g/mol. The van der Waals surface area contributed by atoms with E-state index in [0.29, 0.717) is 23.6 Å². The molecule has 5 unspecified atom stereocenters. The van der Waals surface area contributed by atoms with Gasteiger partial charge in [0, 0.05) is 24.5 Å². The van der Waals surface area contributed by atoms with E-state index in [2.05, 4.69) is 63.9 Å². The number of hydrogen-bond acceptors (Lipinski definition) is 4. The van der Waals surface area contributed by atoms with Crippen LogP contribution in [0.3, 0.4) is 0 Å². The van der Waals surface area contributed by atoms with Crippen molar-refractivity contribution < 1.29 is 9.32 Å². The van der Waals surface area contributed by atoms with Crippen LogP contribution in [0.25, 0.3) is 0 Å². The van der Waals surface area contributed by atoms with Crippen LogP contribution in [-0.2, 0) is 0 Å². The van der Waals surface area contributed by atoms with E-state index in [9.17, 15) is 4.79 Å². The Morgan fingerprint density at radius 2 is 1.50 bits per heavy atom. The van der Waals surface area contributed by atoms with Gasteiger partial charge in [0.2, 0.25) is 5.89 Å². The van der Waals surface area contributed by atoms with Crippen LogP contribution in [0.15, 0.2) is 95.5 Å². The minimum Gasteiger partial charge on any atom is -0.339 e. The minimum atomic E-state index is -0.0973. The van der Waals surface area contributed by atoms with Crippen molar-refractivity contribution in [2.75, 3.05) is 6.54 Å². The number of rotatable bonds is 6. The molecule has 2 aliphatic carbocycles. The summed E-state index contributed by atoms with van der Waals surface area (Å²) in [6.45, 7) is 0.813. The molecule has 0 spiro atoms. The van der Waals surface area contributed by atoms with Crippen LogP contribution in [0.4, 0.5) is 4.79 Å². The van der Waals surface area contributed by atoms with Crippen LogP contribution in [0.1, 0.15) is 71.8 Å². The highest BCUT2D eigenvalue weighted by Crippen LogP contribution is 2.45. The zero-order valence-electron chi connectivity index (χ0n) is 21.3. The summed E-state index contributed by atoms with van der Waals surface area (Å²) in [4.78, 5) is 20.5. The van der Waals surface area contributed by atoms with E-state index in [1.54, 1.807) is 0 Å². The van der Waals surface area contributed by atoms with Gasteiger partial charge < -0.3 is 14.7 Å². The van der Waals surface area contributed by atoms with Gasteiger partial charge in [0.1, 0.15) is 0 Å². The molecule has 2 amide bonds. The van der Waals surface area contributed by atoms with Crippen molar-refractivity contribution >= 4 is 6.03 Å². The van der Waals surface area contributed by atoms with Crippen LogP contribution in [-0.4, -0.2) is 39.7 Å². The Hall–Kier alpha value is -3.93. The molecule has 1 aromatic heterocycles. The van der Waals surface area contributed by atoms with Crippen molar-refractivity contribution in [1.82, 2.24) is 20.4 Å². The van der Waals surface area contributed by atoms with Gasteiger partial charge in [-0.2, -0.15) is 4.98 Å². The van der Waals surface area contributed by atoms with Gasteiger partial charge in [-0.05, 0) is 48.3 Å². The smallest absolute Gasteiger partial charge is 0.317 e.